The monoisotopic (exact) mass is 449 g/mol. The number of aliphatic carboxylic acids is 1. The molecule has 7 heteroatoms. The van der Waals surface area contributed by atoms with Gasteiger partial charge in [0.1, 0.15) is 11.9 Å². The first-order valence-corrected chi connectivity index (χ1v) is 10.8. The van der Waals surface area contributed by atoms with Gasteiger partial charge in [0, 0.05) is 48.5 Å². The number of hydrogen-bond acceptors (Lipinski definition) is 4. The largest absolute Gasteiger partial charge is 0.480 e. The Morgan fingerprint density at radius 3 is 2.50 bits per heavy atom. The minimum Gasteiger partial charge on any atom is -0.480 e. The van der Waals surface area contributed by atoms with Crippen molar-refractivity contribution in [2.75, 3.05) is 25.5 Å². The van der Waals surface area contributed by atoms with Crippen LogP contribution in [0.15, 0.2) is 60.8 Å². The van der Waals surface area contributed by atoms with Gasteiger partial charge in [0.15, 0.2) is 0 Å². The van der Waals surface area contributed by atoms with E-state index in [1.54, 1.807) is 18.3 Å². The zero-order valence-electron chi connectivity index (χ0n) is 18.0. The molecule has 1 aromatic heterocycles. The van der Waals surface area contributed by atoms with Crippen LogP contribution >= 0.6 is 11.6 Å². The van der Waals surface area contributed by atoms with Gasteiger partial charge in [-0.2, -0.15) is 0 Å². The van der Waals surface area contributed by atoms with E-state index in [1.807, 2.05) is 61.5 Å². The van der Waals surface area contributed by atoms with Crippen molar-refractivity contribution in [2.24, 2.45) is 0 Å². The molecule has 32 heavy (non-hydrogen) atoms. The maximum absolute atomic E-state index is 13.2. The number of likely N-dealkylation sites (tertiary alicyclic amines) is 1. The average Bonchev–Trinajstić information content (AvgIpc) is 3.29. The average molecular weight is 450 g/mol. The van der Waals surface area contributed by atoms with Gasteiger partial charge in [-0.1, -0.05) is 35.9 Å². The Hall–Kier alpha value is -3.38. The number of carboxylic acid groups (broad SMARTS) is 1. The molecule has 1 amide bonds. The Morgan fingerprint density at radius 2 is 1.84 bits per heavy atom. The molecule has 1 aliphatic rings. The van der Waals surface area contributed by atoms with Crippen LogP contribution in [-0.2, 0) is 4.79 Å². The predicted molar refractivity (Wildman–Crippen MR) is 126 cm³/mol. The molecule has 2 aromatic carbocycles. The lowest BCUT2D eigenvalue weighted by Gasteiger charge is -2.22. The van der Waals surface area contributed by atoms with Crippen LogP contribution in [0, 0.1) is 0 Å². The molecule has 1 fully saturated rings. The van der Waals surface area contributed by atoms with Gasteiger partial charge in [-0.3, -0.25) is 4.79 Å². The van der Waals surface area contributed by atoms with Gasteiger partial charge in [-0.15, -0.1) is 0 Å². The maximum atomic E-state index is 13.2. The summed E-state index contributed by atoms with van der Waals surface area (Å²) >= 11 is 6.51. The second kappa shape index (κ2) is 9.01. The molecule has 164 valence electrons. The molecule has 0 bridgehead atoms. The van der Waals surface area contributed by atoms with Crippen molar-refractivity contribution in [3.05, 3.63) is 71.4 Å². The molecule has 0 aliphatic carbocycles. The summed E-state index contributed by atoms with van der Waals surface area (Å²) in [5.74, 6) is -0.407. The first-order chi connectivity index (χ1) is 15.4. The fourth-order valence-corrected chi connectivity index (χ4v) is 4.31. The number of hydrogen-bond donors (Lipinski definition) is 1. The van der Waals surface area contributed by atoms with Crippen LogP contribution in [0.3, 0.4) is 0 Å². The summed E-state index contributed by atoms with van der Waals surface area (Å²) in [4.78, 5) is 32.7. The van der Waals surface area contributed by atoms with Crippen molar-refractivity contribution in [1.82, 2.24) is 9.88 Å². The summed E-state index contributed by atoms with van der Waals surface area (Å²) in [7, 11) is 3.86. The number of nitrogens with zero attached hydrogens (tertiary/aromatic N) is 3. The highest BCUT2D eigenvalue weighted by atomic mass is 35.5. The number of carbonyl (C=O) groups is 2. The lowest BCUT2D eigenvalue weighted by Crippen LogP contribution is -2.40. The highest BCUT2D eigenvalue weighted by Crippen LogP contribution is 2.37. The van der Waals surface area contributed by atoms with Gasteiger partial charge in [0.25, 0.3) is 5.91 Å². The van der Waals surface area contributed by atoms with Gasteiger partial charge >= 0.3 is 5.97 Å². The molecule has 3 aromatic rings. The van der Waals surface area contributed by atoms with E-state index in [4.69, 9.17) is 11.6 Å². The van der Waals surface area contributed by atoms with Gasteiger partial charge < -0.3 is 14.9 Å². The molecule has 0 saturated carbocycles. The summed E-state index contributed by atoms with van der Waals surface area (Å²) in [5, 5.41) is 10.1. The van der Waals surface area contributed by atoms with Crippen LogP contribution in [0.25, 0.3) is 22.3 Å². The first kappa shape index (κ1) is 21.8. The number of pyridine rings is 1. The second-order valence-corrected chi connectivity index (χ2v) is 8.44. The zero-order chi connectivity index (χ0) is 22.8. The summed E-state index contributed by atoms with van der Waals surface area (Å²) < 4.78 is 0. The number of carboxylic acids is 1. The van der Waals surface area contributed by atoms with Crippen LogP contribution in [-0.4, -0.2) is 53.5 Å². The molecule has 1 aliphatic heterocycles. The first-order valence-electron chi connectivity index (χ1n) is 10.4. The molecular formula is C25H24ClN3O3. The molecule has 1 unspecified atom stereocenters. The lowest BCUT2D eigenvalue weighted by molar-refractivity contribution is -0.141. The highest BCUT2D eigenvalue weighted by Gasteiger charge is 2.34. The highest BCUT2D eigenvalue weighted by molar-refractivity contribution is 6.33. The normalized spacial score (nSPS) is 15.6. The van der Waals surface area contributed by atoms with Gasteiger partial charge in [0.05, 0.1) is 0 Å². The smallest absolute Gasteiger partial charge is 0.326 e. The zero-order valence-corrected chi connectivity index (χ0v) is 18.7. The van der Waals surface area contributed by atoms with Gasteiger partial charge in [-0.25, -0.2) is 9.78 Å². The van der Waals surface area contributed by atoms with Crippen LogP contribution in [0.1, 0.15) is 23.2 Å². The SMILES string of the molecule is CN(C)c1ccc(-c2ccc(C(=O)N3CCCC3C(=O)O)cc2-c2ccccc2Cl)cn1. The van der Waals surface area contributed by atoms with E-state index in [1.165, 1.54) is 4.90 Å². The van der Waals surface area contributed by atoms with E-state index in [0.717, 1.165) is 28.1 Å². The van der Waals surface area contributed by atoms with E-state index >= 15 is 0 Å². The summed E-state index contributed by atoms with van der Waals surface area (Å²) in [6.07, 6.45) is 2.95. The van der Waals surface area contributed by atoms with Crippen molar-refractivity contribution in [1.29, 1.82) is 0 Å². The molecular weight excluding hydrogens is 426 g/mol. The van der Waals surface area contributed by atoms with Crippen molar-refractivity contribution in [3.8, 4) is 22.3 Å². The molecule has 6 nitrogen and oxygen atoms in total. The van der Waals surface area contributed by atoms with Crippen molar-refractivity contribution < 1.29 is 14.7 Å². The Morgan fingerprint density at radius 1 is 1.06 bits per heavy atom. The molecule has 2 heterocycles. The fraction of sp³-hybridized carbons (Fsp3) is 0.240. The molecule has 0 spiro atoms. The Balaban J connectivity index is 1.81. The third-order valence-electron chi connectivity index (χ3n) is 5.75. The third kappa shape index (κ3) is 4.18. The van der Waals surface area contributed by atoms with E-state index in [-0.39, 0.29) is 5.91 Å². The van der Waals surface area contributed by atoms with Crippen LogP contribution < -0.4 is 4.90 Å². The lowest BCUT2D eigenvalue weighted by atomic mass is 9.93. The maximum Gasteiger partial charge on any atom is 0.326 e. The summed E-state index contributed by atoms with van der Waals surface area (Å²) in [6.45, 7) is 0.439. The number of halogens is 1. The molecule has 1 N–H and O–H groups in total. The molecule has 1 saturated heterocycles. The minimum atomic E-state index is -0.967. The Labute approximate surface area is 192 Å². The van der Waals surface area contributed by atoms with E-state index in [2.05, 4.69) is 4.98 Å². The van der Waals surface area contributed by atoms with Crippen LogP contribution in [0.2, 0.25) is 5.02 Å². The molecule has 4 rings (SSSR count). The Bertz CT molecular complexity index is 1160. The number of carbonyl (C=O) groups excluding carboxylic acids is 1. The quantitative estimate of drug-likeness (QED) is 0.604. The van der Waals surface area contributed by atoms with Gasteiger partial charge in [0.2, 0.25) is 0 Å². The summed E-state index contributed by atoms with van der Waals surface area (Å²) in [6, 6.07) is 16.0. The van der Waals surface area contributed by atoms with Crippen LogP contribution in [0.5, 0.6) is 0 Å². The van der Waals surface area contributed by atoms with E-state index < -0.39 is 12.0 Å². The van der Waals surface area contributed by atoms with E-state index in [0.29, 0.717) is 30.0 Å². The van der Waals surface area contributed by atoms with Crippen molar-refractivity contribution >= 4 is 29.3 Å². The third-order valence-corrected chi connectivity index (χ3v) is 6.08. The number of anilines is 1. The summed E-state index contributed by atoms with van der Waals surface area (Å²) in [5.41, 5.74) is 3.83. The number of amides is 1. The predicted octanol–water partition coefficient (Wildman–Crippen LogP) is 4.82. The fourth-order valence-electron chi connectivity index (χ4n) is 4.07. The standard InChI is InChI=1S/C25H24ClN3O3/c1-28(2)23-12-10-17(15-27-23)18-11-9-16(14-20(18)19-6-3-4-7-21(19)26)24(30)29-13-5-8-22(29)25(31)32/h3-4,6-7,9-12,14-15,22H,5,8,13H2,1-2H3,(H,31,32). The van der Waals surface area contributed by atoms with Crippen molar-refractivity contribution in [2.45, 2.75) is 18.9 Å². The van der Waals surface area contributed by atoms with Crippen LogP contribution in [0.4, 0.5) is 5.82 Å². The Kier molecular flexibility index (Phi) is 6.15. The number of rotatable bonds is 5. The number of aromatic nitrogens is 1. The minimum absolute atomic E-state index is 0.282. The van der Waals surface area contributed by atoms with E-state index in [9.17, 15) is 14.7 Å². The topological polar surface area (TPSA) is 73.7 Å². The molecule has 0 radical (unpaired) electrons. The second-order valence-electron chi connectivity index (χ2n) is 8.03. The van der Waals surface area contributed by atoms with Gasteiger partial charge in [-0.05, 0) is 54.3 Å². The number of benzene rings is 2. The molecule has 1 atom stereocenters. The van der Waals surface area contributed by atoms with Crippen molar-refractivity contribution in [3.63, 3.8) is 0 Å².